The van der Waals surface area contributed by atoms with Crippen molar-refractivity contribution in [2.24, 2.45) is 11.7 Å². The van der Waals surface area contributed by atoms with Crippen molar-refractivity contribution < 1.29 is 9.84 Å². The van der Waals surface area contributed by atoms with Crippen LogP contribution in [0.3, 0.4) is 0 Å². The van der Waals surface area contributed by atoms with Crippen molar-refractivity contribution in [2.75, 3.05) is 20.2 Å². The van der Waals surface area contributed by atoms with Crippen LogP contribution in [0.4, 0.5) is 0 Å². The molecule has 1 heterocycles. The number of rotatable bonds is 4. The summed E-state index contributed by atoms with van der Waals surface area (Å²) in [7, 11) is 1.54. The molecule has 1 aromatic carbocycles. The molecule has 4 nitrogen and oxygen atoms in total. The minimum absolute atomic E-state index is 0.0907. The third-order valence-electron chi connectivity index (χ3n) is 3.97. The number of hydrogen-bond donors (Lipinski definition) is 2. The molecular weight excluding hydrogens is 272 g/mol. The highest BCUT2D eigenvalue weighted by Crippen LogP contribution is 2.33. The van der Waals surface area contributed by atoms with Gasteiger partial charge < -0.3 is 15.6 Å². The molecule has 0 aromatic heterocycles. The number of aromatic hydroxyl groups is 1. The molecule has 0 amide bonds. The lowest BCUT2D eigenvalue weighted by Gasteiger charge is -2.36. The van der Waals surface area contributed by atoms with Crippen LogP contribution in [0.15, 0.2) is 18.2 Å². The van der Waals surface area contributed by atoms with E-state index in [0.717, 1.165) is 37.4 Å². The molecule has 1 saturated heterocycles. The first kappa shape index (κ1) is 15.1. The number of thiocarbonyl (C=S) groups is 1. The quantitative estimate of drug-likeness (QED) is 0.835. The molecule has 0 aliphatic carbocycles. The Morgan fingerprint density at radius 1 is 1.45 bits per heavy atom. The molecule has 0 saturated carbocycles. The molecule has 2 rings (SSSR count). The lowest BCUT2D eigenvalue weighted by molar-refractivity contribution is 0.170. The van der Waals surface area contributed by atoms with Gasteiger partial charge in [-0.3, -0.25) is 4.90 Å². The van der Waals surface area contributed by atoms with Gasteiger partial charge in [-0.2, -0.15) is 0 Å². The van der Waals surface area contributed by atoms with Gasteiger partial charge in [0.25, 0.3) is 0 Å². The molecule has 110 valence electrons. The average Bonchev–Trinajstić information content (AvgIpc) is 2.42. The third-order valence-corrected chi connectivity index (χ3v) is 4.20. The molecule has 1 aromatic rings. The SMILES string of the molecule is COc1cc(C(C(N)=S)N2CCC(C)CC2)ccc1O. The zero-order chi connectivity index (χ0) is 14.7. The number of benzene rings is 1. The van der Waals surface area contributed by atoms with Crippen LogP contribution in [0.1, 0.15) is 31.4 Å². The minimum Gasteiger partial charge on any atom is -0.504 e. The van der Waals surface area contributed by atoms with Crippen LogP contribution >= 0.6 is 12.2 Å². The summed E-state index contributed by atoms with van der Waals surface area (Å²) in [6.07, 6.45) is 2.32. The topological polar surface area (TPSA) is 58.7 Å². The second kappa shape index (κ2) is 6.41. The fourth-order valence-electron chi connectivity index (χ4n) is 2.71. The van der Waals surface area contributed by atoms with Crippen molar-refractivity contribution in [3.8, 4) is 11.5 Å². The third kappa shape index (κ3) is 3.22. The lowest BCUT2D eigenvalue weighted by atomic mass is 9.95. The van der Waals surface area contributed by atoms with Gasteiger partial charge >= 0.3 is 0 Å². The van der Waals surface area contributed by atoms with E-state index in [4.69, 9.17) is 22.7 Å². The first-order chi connectivity index (χ1) is 9.52. The van der Waals surface area contributed by atoms with Gasteiger partial charge in [0.15, 0.2) is 11.5 Å². The molecule has 20 heavy (non-hydrogen) atoms. The second-order valence-corrected chi connectivity index (χ2v) is 5.93. The summed E-state index contributed by atoms with van der Waals surface area (Å²) in [6.45, 7) is 4.26. The molecular formula is C15H22N2O2S. The van der Waals surface area contributed by atoms with Crippen molar-refractivity contribution in [2.45, 2.75) is 25.8 Å². The van der Waals surface area contributed by atoms with Gasteiger partial charge in [-0.25, -0.2) is 0 Å². The second-order valence-electron chi connectivity index (χ2n) is 5.45. The predicted molar refractivity (Wildman–Crippen MR) is 84.2 cm³/mol. The number of nitrogens with zero attached hydrogens (tertiary/aromatic N) is 1. The summed E-state index contributed by atoms with van der Waals surface area (Å²) in [5.41, 5.74) is 6.92. The van der Waals surface area contributed by atoms with Crippen LogP contribution in [0.25, 0.3) is 0 Å². The van der Waals surface area contributed by atoms with E-state index >= 15 is 0 Å². The summed E-state index contributed by atoms with van der Waals surface area (Å²) in [5.74, 6) is 1.34. The molecule has 1 aliphatic heterocycles. The monoisotopic (exact) mass is 294 g/mol. The highest BCUT2D eigenvalue weighted by molar-refractivity contribution is 7.80. The van der Waals surface area contributed by atoms with Crippen molar-refractivity contribution in [3.63, 3.8) is 0 Å². The Morgan fingerprint density at radius 3 is 2.65 bits per heavy atom. The number of hydrogen-bond acceptors (Lipinski definition) is 4. The van der Waals surface area contributed by atoms with Crippen LogP contribution in [-0.4, -0.2) is 35.2 Å². The van der Waals surface area contributed by atoms with Crippen LogP contribution in [0, 0.1) is 5.92 Å². The Bertz CT molecular complexity index is 485. The van der Waals surface area contributed by atoms with Crippen LogP contribution in [-0.2, 0) is 0 Å². The molecule has 5 heteroatoms. The summed E-state index contributed by atoms with van der Waals surface area (Å²) >= 11 is 5.25. The smallest absolute Gasteiger partial charge is 0.160 e. The summed E-state index contributed by atoms with van der Waals surface area (Å²) in [5, 5.41) is 9.70. The summed E-state index contributed by atoms with van der Waals surface area (Å²) < 4.78 is 5.17. The van der Waals surface area contributed by atoms with E-state index in [1.807, 2.05) is 12.1 Å². The highest BCUT2D eigenvalue weighted by Gasteiger charge is 2.27. The van der Waals surface area contributed by atoms with E-state index in [1.165, 1.54) is 7.11 Å². The predicted octanol–water partition coefficient (Wildman–Crippen LogP) is 2.46. The van der Waals surface area contributed by atoms with Crippen LogP contribution in [0.5, 0.6) is 11.5 Å². The van der Waals surface area contributed by atoms with Gasteiger partial charge in [-0.1, -0.05) is 25.2 Å². The van der Waals surface area contributed by atoms with E-state index in [-0.39, 0.29) is 11.8 Å². The number of methoxy groups -OCH3 is 1. The van der Waals surface area contributed by atoms with E-state index in [0.29, 0.717) is 10.7 Å². The van der Waals surface area contributed by atoms with Crippen LogP contribution < -0.4 is 10.5 Å². The molecule has 1 atom stereocenters. The molecule has 3 N–H and O–H groups in total. The average molecular weight is 294 g/mol. The first-order valence-electron chi connectivity index (χ1n) is 6.93. The fourth-order valence-corrected chi connectivity index (χ4v) is 2.99. The number of phenols is 1. The number of ether oxygens (including phenoxy) is 1. The Kier molecular flexibility index (Phi) is 4.83. The molecule has 1 aliphatic rings. The van der Waals surface area contributed by atoms with Crippen molar-refractivity contribution in [1.82, 2.24) is 4.90 Å². The van der Waals surface area contributed by atoms with Gasteiger partial charge in [-0.15, -0.1) is 0 Å². The maximum Gasteiger partial charge on any atom is 0.160 e. The Balaban J connectivity index is 2.26. The highest BCUT2D eigenvalue weighted by atomic mass is 32.1. The van der Waals surface area contributed by atoms with Crippen molar-refractivity contribution >= 4 is 17.2 Å². The van der Waals surface area contributed by atoms with E-state index in [2.05, 4.69) is 11.8 Å². The number of phenolic OH excluding ortho intramolecular Hbond substituents is 1. The molecule has 0 bridgehead atoms. The molecule has 0 radical (unpaired) electrons. The summed E-state index contributed by atoms with van der Waals surface area (Å²) in [4.78, 5) is 2.78. The van der Waals surface area contributed by atoms with Crippen LogP contribution in [0.2, 0.25) is 0 Å². The largest absolute Gasteiger partial charge is 0.504 e. The van der Waals surface area contributed by atoms with Gasteiger partial charge in [0, 0.05) is 0 Å². The zero-order valence-corrected chi connectivity index (χ0v) is 12.8. The first-order valence-corrected chi connectivity index (χ1v) is 7.34. The van der Waals surface area contributed by atoms with Gasteiger partial charge in [0.1, 0.15) is 0 Å². The zero-order valence-electron chi connectivity index (χ0n) is 12.0. The summed E-state index contributed by atoms with van der Waals surface area (Å²) in [6, 6.07) is 5.22. The normalized spacial score (nSPS) is 18.7. The Hall–Kier alpha value is -1.33. The van der Waals surface area contributed by atoms with Gasteiger partial charge in [-0.05, 0) is 49.5 Å². The van der Waals surface area contributed by atoms with Gasteiger partial charge in [0.05, 0.1) is 18.1 Å². The number of nitrogens with two attached hydrogens (primary N) is 1. The minimum atomic E-state index is -0.0907. The number of piperidine rings is 1. The fraction of sp³-hybridized carbons (Fsp3) is 0.533. The molecule has 0 spiro atoms. The maximum atomic E-state index is 9.70. The van der Waals surface area contributed by atoms with E-state index in [9.17, 15) is 5.11 Å². The maximum absolute atomic E-state index is 9.70. The Labute approximate surface area is 125 Å². The molecule has 1 unspecified atom stereocenters. The number of likely N-dealkylation sites (tertiary alicyclic amines) is 1. The van der Waals surface area contributed by atoms with Gasteiger partial charge in [0.2, 0.25) is 0 Å². The van der Waals surface area contributed by atoms with E-state index in [1.54, 1.807) is 6.07 Å². The standard InChI is InChI=1S/C15H22N2O2S/c1-10-5-7-17(8-6-10)14(15(16)20)11-3-4-12(18)13(9-11)19-2/h3-4,9-10,14,18H,5-8H2,1-2H3,(H2,16,20). The van der Waals surface area contributed by atoms with Crippen molar-refractivity contribution in [3.05, 3.63) is 23.8 Å². The lowest BCUT2D eigenvalue weighted by Crippen LogP contribution is -2.41. The molecule has 1 fully saturated rings. The van der Waals surface area contributed by atoms with E-state index < -0.39 is 0 Å². The van der Waals surface area contributed by atoms with Crippen molar-refractivity contribution in [1.29, 1.82) is 0 Å². The Morgan fingerprint density at radius 2 is 2.10 bits per heavy atom.